The highest BCUT2D eigenvalue weighted by molar-refractivity contribution is 7.92. The van der Waals surface area contributed by atoms with Gasteiger partial charge in [0.1, 0.15) is 0 Å². The number of hydrogen-bond acceptors (Lipinski definition) is 5. The Morgan fingerprint density at radius 1 is 1.00 bits per heavy atom. The van der Waals surface area contributed by atoms with E-state index in [0.29, 0.717) is 22.7 Å². The second-order valence-electron chi connectivity index (χ2n) is 7.52. The summed E-state index contributed by atoms with van der Waals surface area (Å²) in [6.07, 6.45) is 0.615. The van der Waals surface area contributed by atoms with Crippen LogP contribution in [-0.4, -0.2) is 32.8 Å². The molecule has 8 heteroatoms. The summed E-state index contributed by atoms with van der Waals surface area (Å²) >= 11 is 5.81. The van der Waals surface area contributed by atoms with E-state index in [1.807, 2.05) is 19.1 Å². The number of para-hydroxylation sites is 1. The van der Waals surface area contributed by atoms with Gasteiger partial charge in [-0.25, -0.2) is 13.2 Å². The first-order valence-electron chi connectivity index (χ1n) is 9.95. The summed E-state index contributed by atoms with van der Waals surface area (Å²) in [5, 5.41) is 0.492. The van der Waals surface area contributed by atoms with Crippen molar-refractivity contribution >= 4 is 39.1 Å². The van der Waals surface area contributed by atoms with Gasteiger partial charge in [0.05, 0.1) is 16.1 Å². The van der Waals surface area contributed by atoms with Gasteiger partial charge in [-0.3, -0.25) is 9.10 Å². The molecule has 1 aliphatic heterocycles. The number of hydrogen-bond donors (Lipinski definition) is 0. The minimum absolute atomic E-state index is 0.0143. The Hall–Kier alpha value is -3.16. The monoisotopic (exact) mass is 469 g/mol. The number of anilines is 1. The van der Waals surface area contributed by atoms with E-state index in [9.17, 15) is 18.0 Å². The molecule has 0 spiro atoms. The average molecular weight is 470 g/mol. The van der Waals surface area contributed by atoms with Crippen molar-refractivity contribution in [2.24, 2.45) is 0 Å². The van der Waals surface area contributed by atoms with Crippen LogP contribution in [0.2, 0.25) is 5.02 Å². The Morgan fingerprint density at radius 2 is 1.72 bits per heavy atom. The summed E-state index contributed by atoms with van der Waals surface area (Å²) in [7, 11) is -3.89. The van der Waals surface area contributed by atoms with Gasteiger partial charge in [-0.2, -0.15) is 0 Å². The van der Waals surface area contributed by atoms with Gasteiger partial charge >= 0.3 is 5.97 Å². The molecule has 3 aromatic rings. The first-order chi connectivity index (χ1) is 15.3. The van der Waals surface area contributed by atoms with E-state index < -0.39 is 22.6 Å². The third-order valence-electron chi connectivity index (χ3n) is 5.27. The fraction of sp³-hybridized carbons (Fsp3) is 0.167. The number of benzene rings is 3. The van der Waals surface area contributed by atoms with Crippen molar-refractivity contribution in [3.63, 3.8) is 0 Å². The zero-order chi connectivity index (χ0) is 22.9. The molecule has 1 atom stereocenters. The van der Waals surface area contributed by atoms with E-state index in [4.69, 9.17) is 16.3 Å². The lowest BCUT2D eigenvalue weighted by Gasteiger charge is -2.24. The minimum Gasteiger partial charge on any atom is -0.454 e. The van der Waals surface area contributed by atoms with Crippen LogP contribution in [0.15, 0.2) is 77.7 Å². The van der Waals surface area contributed by atoms with Crippen LogP contribution >= 0.6 is 11.6 Å². The van der Waals surface area contributed by atoms with Crippen molar-refractivity contribution in [2.75, 3.05) is 10.9 Å². The van der Waals surface area contributed by atoms with Crippen LogP contribution in [0.3, 0.4) is 0 Å². The van der Waals surface area contributed by atoms with Crippen LogP contribution < -0.4 is 4.31 Å². The predicted molar refractivity (Wildman–Crippen MR) is 122 cm³/mol. The van der Waals surface area contributed by atoms with E-state index in [-0.39, 0.29) is 22.3 Å². The van der Waals surface area contributed by atoms with Gasteiger partial charge in [0, 0.05) is 16.6 Å². The smallest absolute Gasteiger partial charge is 0.338 e. The molecule has 1 heterocycles. The maximum absolute atomic E-state index is 13.4. The molecule has 0 saturated carbocycles. The number of ketones is 1. The molecule has 0 aromatic heterocycles. The van der Waals surface area contributed by atoms with Crippen LogP contribution in [0.4, 0.5) is 5.69 Å². The van der Waals surface area contributed by atoms with Crippen LogP contribution in [0.5, 0.6) is 0 Å². The van der Waals surface area contributed by atoms with Gasteiger partial charge in [0.25, 0.3) is 10.0 Å². The van der Waals surface area contributed by atoms with Crippen LogP contribution in [-0.2, 0) is 21.2 Å². The lowest BCUT2D eigenvalue weighted by Crippen LogP contribution is -2.35. The molecule has 6 nitrogen and oxygen atoms in total. The van der Waals surface area contributed by atoms with Gasteiger partial charge in [0.2, 0.25) is 0 Å². The zero-order valence-corrected chi connectivity index (χ0v) is 18.8. The Morgan fingerprint density at radius 3 is 2.47 bits per heavy atom. The van der Waals surface area contributed by atoms with Gasteiger partial charge in [-0.15, -0.1) is 0 Å². The van der Waals surface area contributed by atoms with E-state index in [2.05, 4.69) is 0 Å². The third kappa shape index (κ3) is 4.26. The van der Waals surface area contributed by atoms with E-state index in [0.717, 1.165) is 5.56 Å². The first-order valence-corrected chi connectivity index (χ1v) is 11.8. The highest BCUT2D eigenvalue weighted by Crippen LogP contribution is 2.36. The van der Waals surface area contributed by atoms with Crippen molar-refractivity contribution < 1.29 is 22.7 Å². The Bertz CT molecular complexity index is 1290. The van der Waals surface area contributed by atoms with Gasteiger partial charge in [0.15, 0.2) is 12.4 Å². The quantitative estimate of drug-likeness (QED) is 0.391. The molecule has 0 fully saturated rings. The second-order valence-corrected chi connectivity index (χ2v) is 9.77. The second kappa shape index (κ2) is 8.76. The highest BCUT2D eigenvalue weighted by atomic mass is 35.5. The Balaban J connectivity index is 1.52. The highest BCUT2D eigenvalue weighted by Gasteiger charge is 2.36. The molecular formula is C24H20ClNO5S. The number of carbonyl (C=O) groups is 2. The average Bonchev–Trinajstić information content (AvgIpc) is 3.14. The van der Waals surface area contributed by atoms with Crippen molar-refractivity contribution in [2.45, 2.75) is 24.3 Å². The molecule has 0 amide bonds. The number of carbonyl (C=O) groups excluding carboxylic acids is 2. The SMILES string of the molecule is C[C@H]1Cc2ccccc2N1S(=O)(=O)c1cccc(C(=O)OCC(=O)c2ccc(Cl)cc2)c1. The molecule has 0 bridgehead atoms. The lowest BCUT2D eigenvalue weighted by molar-refractivity contribution is 0.0474. The van der Waals surface area contributed by atoms with Crippen molar-refractivity contribution in [1.29, 1.82) is 0 Å². The number of halogens is 1. The van der Waals surface area contributed by atoms with Gasteiger partial charge in [-0.1, -0.05) is 35.9 Å². The number of rotatable bonds is 6. The fourth-order valence-electron chi connectivity index (χ4n) is 3.73. The molecule has 4 rings (SSSR count). The number of esters is 1. The third-order valence-corrected chi connectivity index (χ3v) is 7.45. The molecule has 3 aromatic carbocycles. The number of Topliss-reactive ketones (excluding diaryl/α,β-unsaturated/α-hetero) is 1. The maximum Gasteiger partial charge on any atom is 0.338 e. The summed E-state index contributed by atoms with van der Waals surface area (Å²) in [6.45, 7) is 1.38. The van der Waals surface area contributed by atoms with Crippen LogP contribution in [0.1, 0.15) is 33.2 Å². The predicted octanol–water partition coefficient (Wildman–Crippen LogP) is 4.52. The molecule has 0 unspecified atom stereocenters. The molecule has 0 N–H and O–H groups in total. The fourth-order valence-corrected chi connectivity index (χ4v) is 5.60. The molecule has 0 saturated heterocycles. The Labute approximate surface area is 191 Å². The first kappa shape index (κ1) is 22.0. The van der Waals surface area contributed by atoms with Crippen LogP contribution in [0.25, 0.3) is 0 Å². The van der Waals surface area contributed by atoms with Gasteiger partial charge in [-0.05, 0) is 67.4 Å². The number of nitrogens with zero attached hydrogens (tertiary/aromatic N) is 1. The number of ether oxygens (including phenoxy) is 1. The van der Waals surface area contributed by atoms with E-state index in [1.54, 1.807) is 36.4 Å². The maximum atomic E-state index is 13.4. The van der Waals surface area contributed by atoms with Crippen molar-refractivity contribution in [3.8, 4) is 0 Å². The molecule has 164 valence electrons. The number of sulfonamides is 1. The minimum atomic E-state index is -3.89. The standard InChI is InChI=1S/C24H20ClNO5S/c1-16-13-18-5-2-3-8-22(18)26(16)32(29,30)21-7-4-6-19(14-21)24(28)31-15-23(27)17-9-11-20(25)12-10-17/h2-12,14,16H,13,15H2,1H3/t16-/m0/s1. The molecule has 0 radical (unpaired) electrons. The Kier molecular flexibility index (Phi) is 6.04. The van der Waals surface area contributed by atoms with Crippen molar-refractivity contribution in [1.82, 2.24) is 0 Å². The van der Waals surface area contributed by atoms with Gasteiger partial charge < -0.3 is 4.74 Å². The summed E-state index contributed by atoms with van der Waals surface area (Å²) < 4.78 is 33.2. The van der Waals surface area contributed by atoms with E-state index in [1.165, 1.54) is 28.6 Å². The lowest BCUT2D eigenvalue weighted by atomic mass is 10.1. The summed E-state index contributed by atoms with van der Waals surface area (Å²) in [4.78, 5) is 24.7. The number of fused-ring (bicyclic) bond motifs is 1. The molecule has 1 aliphatic rings. The molecule has 32 heavy (non-hydrogen) atoms. The normalized spacial score (nSPS) is 15.3. The van der Waals surface area contributed by atoms with Crippen LogP contribution in [0, 0.1) is 0 Å². The zero-order valence-electron chi connectivity index (χ0n) is 17.2. The largest absolute Gasteiger partial charge is 0.454 e. The molecule has 0 aliphatic carbocycles. The summed E-state index contributed by atoms with van der Waals surface area (Å²) in [6, 6.07) is 19.0. The van der Waals surface area contributed by atoms with Crippen molar-refractivity contribution in [3.05, 3.63) is 94.5 Å². The summed E-state index contributed by atoms with van der Waals surface area (Å²) in [5.41, 5.74) is 2.01. The topological polar surface area (TPSA) is 80.8 Å². The summed E-state index contributed by atoms with van der Waals surface area (Å²) in [5.74, 6) is -1.17. The molecular weight excluding hydrogens is 450 g/mol. The van der Waals surface area contributed by atoms with E-state index >= 15 is 0 Å².